The van der Waals surface area contributed by atoms with Gasteiger partial charge in [-0.15, -0.1) is 0 Å². The molecule has 0 radical (unpaired) electrons. The van der Waals surface area contributed by atoms with E-state index in [2.05, 4.69) is 43.5 Å². The number of rotatable bonds is 51. The van der Waals surface area contributed by atoms with Crippen LogP contribution in [0.3, 0.4) is 0 Å². The number of nitrogens with one attached hydrogen (secondary N) is 1. The van der Waals surface area contributed by atoms with Gasteiger partial charge in [0.25, 0.3) is 0 Å². The molecule has 0 aromatic heterocycles. The SMILES string of the molecule is CCCCC/C=C\C/C=C\CCCCCCCCCC(=O)OCCCCCCCCCCCC(=O)NC(CO)C(O)CCCCCCCCCCCCCCCCCCCCC. The number of amides is 1. The third kappa shape index (κ3) is 47.8. The van der Waals surface area contributed by atoms with Crippen molar-refractivity contribution in [3.05, 3.63) is 24.3 Å². The molecule has 0 bridgehead atoms. The van der Waals surface area contributed by atoms with Crippen LogP contribution in [-0.4, -0.2) is 47.4 Å². The lowest BCUT2D eigenvalue weighted by Crippen LogP contribution is -2.45. The van der Waals surface area contributed by atoms with Crippen LogP contribution in [0, 0.1) is 0 Å². The van der Waals surface area contributed by atoms with Gasteiger partial charge in [0.15, 0.2) is 0 Å². The third-order valence-electron chi connectivity index (χ3n) is 12.8. The smallest absolute Gasteiger partial charge is 0.305 e. The molecule has 0 saturated carbocycles. The highest BCUT2D eigenvalue weighted by Gasteiger charge is 2.20. The van der Waals surface area contributed by atoms with Gasteiger partial charge in [0, 0.05) is 12.8 Å². The molecule has 366 valence electrons. The molecule has 0 aliphatic heterocycles. The zero-order chi connectivity index (χ0) is 45.1. The number of carbonyl (C=O) groups excluding carboxylic acids is 2. The predicted octanol–water partition coefficient (Wildman–Crippen LogP) is 16.7. The van der Waals surface area contributed by atoms with Crippen molar-refractivity contribution < 1.29 is 24.5 Å². The molecular formula is C56H107NO5. The average Bonchev–Trinajstić information content (AvgIpc) is 3.27. The minimum atomic E-state index is -0.683. The number of carbonyl (C=O) groups is 2. The predicted molar refractivity (Wildman–Crippen MR) is 269 cm³/mol. The number of esters is 1. The van der Waals surface area contributed by atoms with Crippen LogP contribution in [-0.2, 0) is 14.3 Å². The molecule has 3 N–H and O–H groups in total. The third-order valence-corrected chi connectivity index (χ3v) is 12.8. The highest BCUT2D eigenvalue weighted by Crippen LogP contribution is 2.17. The molecule has 1 amide bonds. The van der Waals surface area contributed by atoms with Crippen molar-refractivity contribution >= 4 is 11.9 Å². The van der Waals surface area contributed by atoms with Crippen LogP contribution in [0.15, 0.2) is 24.3 Å². The van der Waals surface area contributed by atoms with E-state index in [1.165, 1.54) is 199 Å². The quantitative estimate of drug-likeness (QED) is 0.0321. The Morgan fingerprint density at radius 3 is 1.26 bits per heavy atom. The van der Waals surface area contributed by atoms with E-state index in [1.807, 2.05) is 0 Å². The summed E-state index contributed by atoms with van der Waals surface area (Å²) >= 11 is 0. The van der Waals surface area contributed by atoms with Crippen molar-refractivity contribution in [2.75, 3.05) is 13.2 Å². The minimum absolute atomic E-state index is 0.0321. The lowest BCUT2D eigenvalue weighted by atomic mass is 10.0. The number of ether oxygens (including phenoxy) is 1. The lowest BCUT2D eigenvalue weighted by molar-refractivity contribution is -0.143. The summed E-state index contributed by atoms with van der Waals surface area (Å²) in [6.07, 6.45) is 61.5. The van der Waals surface area contributed by atoms with Crippen LogP contribution in [0.5, 0.6) is 0 Å². The topological polar surface area (TPSA) is 95.9 Å². The van der Waals surface area contributed by atoms with Gasteiger partial charge in [-0.25, -0.2) is 0 Å². The summed E-state index contributed by atoms with van der Waals surface area (Å²) in [6.45, 7) is 4.87. The second-order valence-corrected chi connectivity index (χ2v) is 18.9. The van der Waals surface area contributed by atoms with E-state index in [1.54, 1.807) is 0 Å². The Morgan fingerprint density at radius 2 is 0.806 bits per heavy atom. The first-order chi connectivity index (χ1) is 30.5. The van der Waals surface area contributed by atoms with E-state index in [4.69, 9.17) is 4.74 Å². The molecule has 0 aliphatic rings. The molecule has 0 saturated heterocycles. The number of unbranched alkanes of at least 4 members (excludes halogenated alkanes) is 36. The Bertz CT molecular complexity index is 966. The van der Waals surface area contributed by atoms with Crippen LogP contribution in [0.4, 0.5) is 0 Å². The van der Waals surface area contributed by atoms with E-state index < -0.39 is 12.1 Å². The van der Waals surface area contributed by atoms with Crippen LogP contribution in [0.1, 0.15) is 296 Å². The molecule has 0 fully saturated rings. The van der Waals surface area contributed by atoms with Crippen molar-refractivity contribution in [1.82, 2.24) is 5.32 Å². The normalized spacial score (nSPS) is 12.8. The van der Waals surface area contributed by atoms with Gasteiger partial charge in [0.05, 0.1) is 25.4 Å². The van der Waals surface area contributed by atoms with Gasteiger partial charge in [0.2, 0.25) is 5.91 Å². The van der Waals surface area contributed by atoms with E-state index in [-0.39, 0.29) is 18.5 Å². The molecular weight excluding hydrogens is 767 g/mol. The van der Waals surface area contributed by atoms with Crippen molar-refractivity contribution in [3.63, 3.8) is 0 Å². The number of allylic oxidation sites excluding steroid dienone is 4. The molecule has 0 aromatic rings. The number of aliphatic hydroxyl groups is 2. The Hall–Kier alpha value is -1.66. The van der Waals surface area contributed by atoms with E-state index in [0.717, 1.165) is 64.2 Å². The van der Waals surface area contributed by atoms with Crippen LogP contribution in [0.2, 0.25) is 0 Å². The molecule has 62 heavy (non-hydrogen) atoms. The highest BCUT2D eigenvalue weighted by molar-refractivity contribution is 5.76. The number of hydrogen-bond donors (Lipinski definition) is 3. The zero-order valence-electron chi connectivity index (χ0n) is 41.6. The first-order valence-electron chi connectivity index (χ1n) is 27.6. The fourth-order valence-electron chi connectivity index (χ4n) is 8.49. The summed E-state index contributed by atoms with van der Waals surface area (Å²) in [4.78, 5) is 24.5. The summed E-state index contributed by atoms with van der Waals surface area (Å²) < 4.78 is 5.46. The maximum absolute atomic E-state index is 12.5. The number of aliphatic hydroxyl groups excluding tert-OH is 2. The molecule has 6 heteroatoms. The highest BCUT2D eigenvalue weighted by atomic mass is 16.5. The molecule has 0 aromatic carbocycles. The van der Waals surface area contributed by atoms with E-state index in [9.17, 15) is 19.8 Å². The Balaban J connectivity index is 3.48. The van der Waals surface area contributed by atoms with Crippen molar-refractivity contribution in [2.24, 2.45) is 0 Å². The van der Waals surface area contributed by atoms with E-state index in [0.29, 0.717) is 25.9 Å². The van der Waals surface area contributed by atoms with Gasteiger partial charge >= 0.3 is 5.97 Å². The first kappa shape index (κ1) is 60.3. The summed E-state index contributed by atoms with van der Waals surface area (Å²) in [5.41, 5.74) is 0. The fraction of sp³-hybridized carbons (Fsp3) is 0.893. The van der Waals surface area contributed by atoms with Crippen LogP contribution >= 0.6 is 0 Å². The largest absolute Gasteiger partial charge is 0.466 e. The molecule has 0 aliphatic carbocycles. The van der Waals surface area contributed by atoms with Gasteiger partial charge in [-0.1, -0.05) is 250 Å². The zero-order valence-corrected chi connectivity index (χ0v) is 41.6. The van der Waals surface area contributed by atoms with Crippen molar-refractivity contribution in [2.45, 2.75) is 309 Å². The van der Waals surface area contributed by atoms with Crippen molar-refractivity contribution in [3.8, 4) is 0 Å². The summed E-state index contributed by atoms with van der Waals surface area (Å²) in [5, 5.41) is 23.3. The molecule has 0 rings (SSSR count). The standard InChI is InChI=1S/C56H107NO5/c1-3-5-7-9-11-13-15-17-19-21-22-24-25-27-29-32-36-40-44-48-54(59)53(52-58)57-55(60)49-45-41-37-33-31-35-39-43-47-51-62-56(61)50-46-42-38-34-30-28-26-23-20-18-16-14-12-10-8-6-4-2/h12,14,18,20,53-54,58-59H,3-11,13,15-17,19,21-52H2,1-2H3,(H,57,60)/b14-12-,20-18-. The molecule has 2 unspecified atom stereocenters. The lowest BCUT2D eigenvalue weighted by Gasteiger charge is -2.22. The van der Waals surface area contributed by atoms with Gasteiger partial charge in [-0.05, 0) is 57.8 Å². The Labute approximate surface area is 386 Å². The second-order valence-electron chi connectivity index (χ2n) is 18.9. The first-order valence-corrected chi connectivity index (χ1v) is 27.6. The molecule has 2 atom stereocenters. The number of hydrogen-bond acceptors (Lipinski definition) is 5. The summed E-state index contributed by atoms with van der Waals surface area (Å²) in [7, 11) is 0. The molecule has 0 heterocycles. The van der Waals surface area contributed by atoms with Crippen LogP contribution < -0.4 is 5.32 Å². The summed E-state index contributed by atoms with van der Waals surface area (Å²) in [5.74, 6) is -0.0932. The minimum Gasteiger partial charge on any atom is -0.466 e. The monoisotopic (exact) mass is 874 g/mol. The average molecular weight is 874 g/mol. The van der Waals surface area contributed by atoms with Crippen LogP contribution in [0.25, 0.3) is 0 Å². The van der Waals surface area contributed by atoms with Gasteiger partial charge in [-0.2, -0.15) is 0 Å². The Morgan fingerprint density at radius 1 is 0.452 bits per heavy atom. The van der Waals surface area contributed by atoms with Gasteiger partial charge in [-0.3, -0.25) is 9.59 Å². The van der Waals surface area contributed by atoms with Crippen molar-refractivity contribution in [1.29, 1.82) is 0 Å². The maximum atomic E-state index is 12.5. The maximum Gasteiger partial charge on any atom is 0.305 e. The van der Waals surface area contributed by atoms with Gasteiger partial charge < -0.3 is 20.3 Å². The Kier molecular flexibility index (Phi) is 50.6. The molecule has 6 nitrogen and oxygen atoms in total. The van der Waals surface area contributed by atoms with Gasteiger partial charge in [0.1, 0.15) is 0 Å². The molecule has 0 spiro atoms. The van der Waals surface area contributed by atoms with E-state index >= 15 is 0 Å². The fourth-order valence-corrected chi connectivity index (χ4v) is 8.49. The second kappa shape index (κ2) is 52.0. The summed E-state index contributed by atoms with van der Waals surface area (Å²) in [6, 6.07) is -0.563.